The number of amides is 8. The van der Waals surface area contributed by atoms with Crippen molar-refractivity contribution in [2.45, 2.75) is 135 Å². The normalized spacial score (nSPS) is 18.6. The fourth-order valence-corrected chi connectivity index (χ4v) is 7.58. The van der Waals surface area contributed by atoms with Crippen LogP contribution in [0.2, 0.25) is 0 Å². The zero-order chi connectivity index (χ0) is 43.4. The molecule has 1 aliphatic heterocycles. The lowest BCUT2D eigenvalue weighted by molar-refractivity contribution is -0.148. The number of carbonyl (C=O) groups is 8. The number of aliphatic hydroxyl groups is 1. The van der Waals surface area contributed by atoms with E-state index in [2.05, 4.69) is 26.6 Å². The second kappa shape index (κ2) is 21.7. The Kier molecular flexibility index (Phi) is 18.5. The van der Waals surface area contributed by atoms with Gasteiger partial charge in [-0.15, -0.1) is 11.8 Å². The highest BCUT2D eigenvalue weighted by atomic mass is 32.2. The van der Waals surface area contributed by atoms with Gasteiger partial charge in [0.05, 0.1) is 11.9 Å². The number of hydrogen-bond acceptors (Lipinski definition) is 10. The van der Waals surface area contributed by atoms with E-state index in [1.807, 2.05) is 6.92 Å². The van der Waals surface area contributed by atoms with Gasteiger partial charge in [-0.2, -0.15) is 0 Å². The highest BCUT2D eigenvalue weighted by Gasteiger charge is 2.51. The maximum absolute atomic E-state index is 14.3. The van der Waals surface area contributed by atoms with E-state index >= 15 is 0 Å². The van der Waals surface area contributed by atoms with Crippen molar-refractivity contribution in [2.24, 2.45) is 29.2 Å². The molecule has 0 aliphatic carbocycles. The lowest BCUT2D eigenvalue weighted by Gasteiger charge is -2.35. The standard InChI is InChI=1S/C39H62N8O9S/c1-10-22(6)30(42-23(7)48)36(54)45-28(20(2)3)35(53)44-26(18-24-14-12-11-13-15-24)31(50)38(56)47-19-57-39(8,9)32(47)37(55)46-29(21(4)5)34(52)43-25(33(41)51)16-17-27(40)49/h11-15,20-22,25-26,28-32,50H,10,16-19H2,1-9H3,(H2,40,49)(H2,41,51)(H,42,48)(H,43,52)(H,44,53)(H,45,54)(H,46,55)/t22-,25-,26-,28-,29-,30-,31-,32+/m0/s1. The summed E-state index contributed by atoms with van der Waals surface area (Å²) in [7, 11) is 0. The van der Waals surface area contributed by atoms with Gasteiger partial charge in [0.2, 0.25) is 41.4 Å². The van der Waals surface area contributed by atoms with Gasteiger partial charge in [-0.25, -0.2) is 0 Å². The average molecular weight is 819 g/mol. The van der Waals surface area contributed by atoms with Gasteiger partial charge in [0, 0.05) is 18.1 Å². The van der Waals surface area contributed by atoms with Crippen LogP contribution in [-0.4, -0.2) is 110 Å². The molecule has 1 saturated heterocycles. The zero-order valence-electron chi connectivity index (χ0n) is 34.4. The lowest BCUT2D eigenvalue weighted by Crippen LogP contribution is -2.63. The Hall–Kier alpha value is -4.71. The van der Waals surface area contributed by atoms with E-state index in [4.69, 9.17) is 11.5 Å². The van der Waals surface area contributed by atoms with Crippen molar-refractivity contribution < 1.29 is 43.5 Å². The third kappa shape index (κ3) is 14.0. The third-order valence-corrected chi connectivity index (χ3v) is 11.4. The summed E-state index contributed by atoms with van der Waals surface area (Å²) in [5, 5.41) is 25.2. The Balaban J connectivity index is 2.41. The maximum Gasteiger partial charge on any atom is 0.254 e. The van der Waals surface area contributed by atoms with Crippen molar-refractivity contribution in [2.75, 3.05) is 5.88 Å². The predicted octanol–water partition coefficient (Wildman–Crippen LogP) is -0.177. The number of rotatable bonds is 21. The number of primary amides is 2. The van der Waals surface area contributed by atoms with Crippen LogP contribution in [0.25, 0.3) is 0 Å². The molecule has 0 unspecified atom stereocenters. The Bertz CT molecular complexity index is 1610. The van der Waals surface area contributed by atoms with Crippen molar-refractivity contribution in [1.29, 1.82) is 0 Å². The molecule has 1 fully saturated rings. The first-order chi connectivity index (χ1) is 26.5. The first-order valence-corrected chi connectivity index (χ1v) is 20.2. The van der Waals surface area contributed by atoms with Gasteiger partial charge >= 0.3 is 0 Å². The van der Waals surface area contributed by atoms with E-state index in [-0.39, 0.29) is 31.1 Å². The lowest BCUT2D eigenvalue weighted by atomic mass is 9.94. The van der Waals surface area contributed by atoms with Crippen molar-refractivity contribution in [3.63, 3.8) is 0 Å². The molecule has 0 aromatic heterocycles. The van der Waals surface area contributed by atoms with Crippen LogP contribution in [0.15, 0.2) is 30.3 Å². The summed E-state index contributed by atoms with van der Waals surface area (Å²) in [5.41, 5.74) is 11.3. The molecule has 1 heterocycles. The largest absolute Gasteiger partial charge is 0.381 e. The molecule has 0 radical (unpaired) electrons. The summed E-state index contributed by atoms with van der Waals surface area (Å²) in [6.07, 6.45) is -1.63. The number of nitrogens with one attached hydrogen (secondary N) is 5. The van der Waals surface area contributed by atoms with Gasteiger partial charge in [-0.3, -0.25) is 38.4 Å². The van der Waals surface area contributed by atoms with Crippen molar-refractivity contribution in [3.8, 4) is 0 Å². The first-order valence-electron chi connectivity index (χ1n) is 19.2. The molecule has 2 rings (SSSR count). The molecule has 0 saturated carbocycles. The van der Waals surface area contributed by atoms with E-state index in [1.54, 1.807) is 78.8 Å². The minimum absolute atomic E-state index is 0.00673. The van der Waals surface area contributed by atoms with E-state index in [0.717, 1.165) is 0 Å². The number of benzene rings is 1. The molecule has 0 spiro atoms. The number of hydrogen-bond donors (Lipinski definition) is 8. The molecule has 1 aromatic carbocycles. The van der Waals surface area contributed by atoms with Gasteiger partial charge < -0.3 is 48.1 Å². The third-order valence-electron chi connectivity index (χ3n) is 10.0. The van der Waals surface area contributed by atoms with Crippen molar-refractivity contribution in [3.05, 3.63) is 35.9 Å². The highest BCUT2D eigenvalue weighted by molar-refractivity contribution is 8.00. The van der Waals surface area contributed by atoms with E-state index in [9.17, 15) is 43.5 Å². The molecule has 0 bridgehead atoms. The molecule has 10 N–H and O–H groups in total. The Morgan fingerprint density at radius 1 is 0.825 bits per heavy atom. The van der Waals surface area contributed by atoms with Crippen LogP contribution < -0.4 is 38.1 Å². The average Bonchev–Trinajstić information content (AvgIpc) is 3.46. The molecular weight excluding hydrogens is 757 g/mol. The van der Waals surface area contributed by atoms with Crippen LogP contribution in [0, 0.1) is 17.8 Å². The van der Waals surface area contributed by atoms with Crippen molar-refractivity contribution >= 4 is 59.0 Å². The Labute approximate surface area is 339 Å². The van der Waals surface area contributed by atoms with E-state index < -0.39 is 106 Å². The minimum atomic E-state index is -1.86. The molecule has 8 amide bonds. The summed E-state index contributed by atoms with van der Waals surface area (Å²) >= 11 is 1.28. The van der Waals surface area contributed by atoms with Gasteiger partial charge in [0.25, 0.3) is 5.91 Å². The summed E-state index contributed by atoms with van der Waals surface area (Å²) in [4.78, 5) is 106. The summed E-state index contributed by atoms with van der Waals surface area (Å²) < 4.78 is -0.903. The topological polar surface area (TPSA) is 272 Å². The second-order valence-electron chi connectivity index (χ2n) is 15.8. The fraction of sp³-hybridized carbons (Fsp3) is 0.641. The molecule has 1 aliphatic rings. The monoisotopic (exact) mass is 818 g/mol. The number of thioether (sulfide) groups is 1. The van der Waals surface area contributed by atoms with Crippen LogP contribution in [-0.2, 0) is 44.8 Å². The smallest absolute Gasteiger partial charge is 0.254 e. The van der Waals surface area contributed by atoms with E-state index in [1.165, 1.54) is 23.6 Å². The van der Waals surface area contributed by atoms with Crippen LogP contribution in [0.5, 0.6) is 0 Å². The molecule has 8 atom stereocenters. The number of nitrogens with two attached hydrogens (primary N) is 2. The highest BCUT2D eigenvalue weighted by Crippen LogP contribution is 2.40. The molecule has 17 nitrogen and oxygen atoms in total. The number of nitrogens with zero attached hydrogens (tertiary/aromatic N) is 1. The molecule has 318 valence electrons. The van der Waals surface area contributed by atoms with Gasteiger partial charge in [0.1, 0.15) is 30.2 Å². The first kappa shape index (κ1) is 48.4. The predicted molar refractivity (Wildman–Crippen MR) is 215 cm³/mol. The van der Waals surface area contributed by atoms with Crippen LogP contribution >= 0.6 is 11.8 Å². The molecule has 1 aromatic rings. The van der Waals surface area contributed by atoms with Crippen molar-refractivity contribution in [1.82, 2.24) is 31.5 Å². The van der Waals surface area contributed by atoms with Gasteiger partial charge in [-0.05, 0) is 50.0 Å². The quantitative estimate of drug-likeness (QED) is 0.0811. The Morgan fingerprint density at radius 2 is 1.37 bits per heavy atom. The van der Waals surface area contributed by atoms with Crippen LogP contribution in [0.1, 0.15) is 87.1 Å². The van der Waals surface area contributed by atoms with Gasteiger partial charge in [0.15, 0.2) is 6.10 Å². The molecule has 18 heteroatoms. The number of aliphatic hydroxyl groups excluding tert-OH is 1. The fourth-order valence-electron chi connectivity index (χ4n) is 6.44. The second-order valence-corrected chi connectivity index (χ2v) is 17.4. The summed E-state index contributed by atoms with van der Waals surface area (Å²) in [6.45, 7) is 15.2. The van der Waals surface area contributed by atoms with Gasteiger partial charge in [-0.1, -0.05) is 78.3 Å². The maximum atomic E-state index is 14.3. The molecular formula is C39H62N8O9S. The van der Waals surface area contributed by atoms with Crippen LogP contribution in [0.4, 0.5) is 0 Å². The number of carbonyl (C=O) groups excluding carboxylic acids is 8. The zero-order valence-corrected chi connectivity index (χ0v) is 35.2. The van der Waals surface area contributed by atoms with E-state index in [0.29, 0.717) is 12.0 Å². The molecule has 57 heavy (non-hydrogen) atoms. The minimum Gasteiger partial charge on any atom is -0.381 e. The summed E-state index contributed by atoms with van der Waals surface area (Å²) in [5.74, 6) is -6.69. The Morgan fingerprint density at radius 3 is 1.88 bits per heavy atom. The summed E-state index contributed by atoms with van der Waals surface area (Å²) in [6, 6.07) is 2.02. The SMILES string of the molecule is CC[C@H](C)[C@H](NC(C)=O)C(=O)N[C@H](C(=O)N[C@@H](Cc1ccccc1)[C@H](O)C(=O)N1CSC(C)(C)[C@H]1C(=O)N[C@H](C(=O)N[C@@H](CCC(N)=O)C(N)=O)C(C)C)C(C)C. The van der Waals surface area contributed by atoms with Crippen LogP contribution in [0.3, 0.4) is 0 Å².